The van der Waals surface area contributed by atoms with E-state index in [1.807, 2.05) is 19.1 Å². The fourth-order valence-electron chi connectivity index (χ4n) is 2.34. The van der Waals surface area contributed by atoms with E-state index in [0.717, 1.165) is 30.8 Å². The van der Waals surface area contributed by atoms with E-state index in [2.05, 4.69) is 16.7 Å². The number of anilines is 1. The van der Waals surface area contributed by atoms with Gasteiger partial charge in [-0.15, -0.1) is 0 Å². The molecule has 1 aliphatic rings. The monoisotopic (exact) mass is 278 g/mol. The van der Waals surface area contributed by atoms with Crippen LogP contribution < -0.4 is 15.4 Å². The first-order valence-electron chi connectivity index (χ1n) is 7.16. The molecule has 0 spiro atoms. The first kappa shape index (κ1) is 14.7. The Morgan fingerprint density at radius 2 is 2.40 bits per heavy atom. The number of carboxylic acids is 1. The largest absolute Gasteiger partial charge is 0.490 e. The molecular weight excluding hydrogens is 256 g/mol. The average molecular weight is 278 g/mol. The molecule has 0 saturated carbocycles. The fraction of sp³-hybridized carbons (Fsp3) is 0.533. The first-order valence-corrected chi connectivity index (χ1v) is 7.16. The Labute approximate surface area is 119 Å². The molecule has 110 valence electrons. The van der Waals surface area contributed by atoms with Crippen molar-refractivity contribution < 1.29 is 14.6 Å². The molecule has 0 radical (unpaired) electrons. The van der Waals surface area contributed by atoms with Crippen LogP contribution in [0.3, 0.4) is 0 Å². The maximum absolute atomic E-state index is 11.0. The molecule has 0 aromatic heterocycles. The van der Waals surface area contributed by atoms with E-state index in [1.54, 1.807) is 0 Å². The van der Waals surface area contributed by atoms with Crippen molar-refractivity contribution in [1.82, 2.24) is 5.32 Å². The number of rotatable bonds is 7. The van der Waals surface area contributed by atoms with E-state index in [4.69, 9.17) is 9.84 Å². The van der Waals surface area contributed by atoms with E-state index in [9.17, 15) is 4.79 Å². The third-order valence-electron chi connectivity index (χ3n) is 3.40. The molecule has 5 heteroatoms. The standard InChI is InChI=1S/C15H22N2O3/c1-2-3-12(15(18)19)16-7-6-11-4-5-14-13(10-11)17-8-9-20-14/h4-5,10,12,16-17H,2-3,6-9H2,1H3,(H,18,19). The molecule has 0 saturated heterocycles. The number of nitrogens with one attached hydrogen (secondary N) is 2. The van der Waals surface area contributed by atoms with Crippen LogP contribution in [0.2, 0.25) is 0 Å². The summed E-state index contributed by atoms with van der Waals surface area (Å²) in [5.74, 6) is 0.120. The van der Waals surface area contributed by atoms with Crippen LogP contribution in [-0.4, -0.2) is 36.8 Å². The average Bonchev–Trinajstić information content (AvgIpc) is 2.46. The summed E-state index contributed by atoms with van der Waals surface area (Å²) in [4.78, 5) is 11.0. The molecule has 1 aromatic rings. The first-order chi connectivity index (χ1) is 9.70. The molecule has 0 bridgehead atoms. The summed E-state index contributed by atoms with van der Waals surface area (Å²) in [7, 11) is 0. The van der Waals surface area contributed by atoms with Gasteiger partial charge in [-0.3, -0.25) is 4.79 Å². The maximum atomic E-state index is 11.0. The van der Waals surface area contributed by atoms with Gasteiger partial charge in [0.05, 0.1) is 5.69 Å². The number of hydrogen-bond donors (Lipinski definition) is 3. The lowest BCUT2D eigenvalue weighted by atomic mass is 10.1. The van der Waals surface area contributed by atoms with Crippen molar-refractivity contribution in [2.75, 3.05) is 25.0 Å². The summed E-state index contributed by atoms with van der Waals surface area (Å²) < 4.78 is 5.53. The summed E-state index contributed by atoms with van der Waals surface area (Å²) in [6.07, 6.45) is 2.33. The highest BCUT2D eigenvalue weighted by molar-refractivity contribution is 5.73. The molecule has 1 atom stereocenters. The lowest BCUT2D eigenvalue weighted by Gasteiger charge is -2.20. The number of carboxylic acid groups (broad SMARTS) is 1. The lowest BCUT2D eigenvalue weighted by molar-refractivity contribution is -0.139. The minimum Gasteiger partial charge on any atom is -0.490 e. The predicted molar refractivity (Wildman–Crippen MR) is 78.5 cm³/mol. The SMILES string of the molecule is CCCC(NCCc1ccc2c(c1)NCCO2)C(=O)O. The topological polar surface area (TPSA) is 70.6 Å². The highest BCUT2D eigenvalue weighted by atomic mass is 16.5. The van der Waals surface area contributed by atoms with Crippen molar-refractivity contribution in [3.05, 3.63) is 23.8 Å². The van der Waals surface area contributed by atoms with Crippen LogP contribution in [0, 0.1) is 0 Å². The highest BCUT2D eigenvalue weighted by Crippen LogP contribution is 2.28. The van der Waals surface area contributed by atoms with Crippen LogP contribution >= 0.6 is 0 Å². The second kappa shape index (κ2) is 7.14. The predicted octanol–water partition coefficient (Wildman–Crippen LogP) is 1.88. The van der Waals surface area contributed by atoms with E-state index in [1.165, 1.54) is 5.56 Å². The molecule has 0 aliphatic carbocycles. The van der Waals surface area contributed by atoms with Gasteiger partial charge in [-0.25, -0.2) is 0 Å². The maximum Gasteiger partial charge on any atom is 0.320 e. The molecule has 2 rings (SSSR count). The van der Waals surface area contributed by atoms with E-state index < -0.39 is 12.0 Å². The Morgan fingerprint density at radius 1 is 1.55 bits per heavy atom. The van der Waals surface area contributed by atoms with Crippen molar-refractivity contribution in [1.29, 1.82) is 0 Å². The Bertz CT molecular complexity index is 462. The van der Waals surface area contributed by atoms with E-state index in [-0.39, 0.29) is 0 Å². The summed E-state index contributed by atoms with van der Waals surface area (Å²) in [6, 6.07) is 5.63. The third kappa shape index (κ3) is 3.87. The quantitative estimate of drug-likeness (QED) is 0.710. The fourth-order valence-corrected chi connectivity index (χ4v) is 2.34. The van der Waals surface area contributed by atoms with Crippen molar-refractivity contribution in [3.63, 3.8) is 0 Å². The van der Waals surface area contributed by atoms with Gasteiger partial charge < -0.3 is 20.5 Å². The van der Waals surface area contributed by atoms with Gasteiger partial charge in [0.15, 0.2) is 0 Å². The van der Waals surface area contributed by atoms with Crippen molar-refractivity contribution >= 4 is 11.7 Å². The second-order valence-corrected chi connectivity index (χ2v) is 4.99. The Morgan fingerprint density at radius 3 is 3.15 bits per heavy atom. The van der Waals surface area contributed by atoms with Gasteiger partial charge >= 0.3 is 5.97 Å². The van der Waals surface area contributed by atoms with Crippen LogP contribution in [0.15, 0.2) is 18.2 Å². The molecule has 0 amide bonds. The minimum atomic E-state index is -0.771. The third-order valence-corrected chi connectivity index (χ3v) is 3.40. The number of carbonyl (C=O) groups is 1. The van der Waals surface area contributed by atoms with Crippen LogP contribution in [0.1, 0.15) is 25.3 Å². The van der Waals surface area contributed by atoms with Gasteiger partial charge in [0.25, 0.3) is 0 Å². The molecule has 20 heavy (non-hydrogen) atoms. The van der Waals surface area contributed by atoms with Crippen molar-refractivity contribution in [2.24, 2.45) is 0 Å². The number of ether oxygens (including phenoxy) is 1. The molecule has 0 fully saturated rings. The van der Waals surface area contributed by atoms with Crippen LogP contribution in [-0.2, 0) is 11.2 Å². The summed E-state index contributed by atoms with van der Waals surface area (Å²) in [6.45, 7) is 4.18. The van der Waals surface area contributed by atoms with Gasteiger partial charge in [0, 0.05) is 6.54 Å². The van der Waals surface area contributed by atoms with Gasteiger partial charge in [-0.1, -0.05) is 19.4 Å². The van der Waals surface area contributed by atoms with Crippen molar-refractivity contribution in [2.45, 2.75) is 32.2 Å². The number of benzene rings is 1. The lowest BCUT2D eigenvalue weighted by Crippen LogP contribution is -2.37. The molecule has 1 heterocycles. The summed E-state index contributed by atoms with van der Waals surface area (Å²) >= 11 is 0. The van der Waals surface area contributed by atoms with Crippen LogP contribution in [0.4, 0.5) is 5.69 Å². The molecule has 3 N–H and O–H groups in total. The molecule has 5 nitrogen and oxygen atoms in total. The Hall–Kier alpha value is -1.75. The van der Waals surface area contributed by atoms with Crippen LogP contribution in [0.5, 0.6) is 5.75 Å². The zero-order valence-electron chi connectivity index (χ0n) is 11.8. The second-order valence-electron chi connectivity index (χ2n) is 4.99. The Balaban J connectivity index is 1.86. The smallest absolute Gasteiger partial charge is 0.320 e. The number of hydrogen-bond acceptors (Lipinski definition) is 4. The van der Waals surface area contributed by atoms with Crippen LogP contribution in [0.25, 0.3) is 0 Å². The summed E-state index contributed by atoms with van der Waals surface area (Å²) in [5, 5.41) is 15.5. The number of aliphatic carboxylic acids is 1. The molecule has 1 unspecified atom stereocenters. The number of fused-ring (bicyclic) bond motifs is 1. The Kier molecular flexibility index (Phi) is 5.24. The summed E-state index contributed by atoms with van der Waals surface area (Å²) in [5.41, 5.74) is 2.20. The van der Waals surface area contributed by atoms with E-state index >= 15 is 0 Å². The normalized spacial score (nSPS) is 14.8. The molecular formula is C15H22N2O3. The minimum absolute atomic E-state index is 0.445. The van der Waals surface area contributed by atoms with E-state index in [0.29, 0.717) is 19.6 Å². The van der Waals surface area contributed by atoms with Gasteiger partial charge in [-0.2, -0.15) is 0 Å². The molecule has 1 aromatic carbocycles. The highest BCUT2D eigenvalue weighted by Gasteiger charge is 2.15. The van der Waals surface area contributed by atoms with Gasteiger partial charge in [-0.05, 0) is 37.1 Å². The van der Waals surface area contributed by atoms with Gasteiger partial charge in [0.2, 0.25) is 0 Å². The van der Waals surface area contributed by atoms with Gasteiger partial charge in [0.1, 0.15) is 18.4 Å². The van der Waals surface area contributed by atoms with Crippen molar-refractivity contribution in [3.8, 4) is 5.75 Å². The zero-order chi connectivity index (χ0) is 14.4. The molecule has 1 aliphatic heterocycles. The zero-order valence-corrected chi connectivity index (χ0v) is 11.8.